The highest BCUT2D eigenvalue weighted by Gasteiger charge is 2.18. The first-order valence-electron chi connectivity index (χ1n) is 8.15. The largest absolute Gasteiger partial charge is 0.486 e. The number of rotatable bonds is 5. The van der Waals surface area contributed by atoms with Crippen molar-refractivity contribution in [1.29, 1.82) is 5.26 Å². The van der Waals surface area contributed by atoms with Crippen LogP contribution in [0.3, 0.4) is 0 Å². The van der Waals surface area contributed by atoms with Crippen LogP contribution in [0.4, 0.5) is 5.69 Å². The predicted octanol–water partition coefficient (Wildman–Crippen LogP) is 1.90. The highest BCUT2D eigenvalue weighted by molar-refractivity contribution is 6.10. The number of carbonyl (C=O) groups excluding carboxylic acids is 2. The van der Waals surface area contributed by atoms with Gasteiger partial charge in [0.25, 0.3) is 5.91 Å². The Morgan fingerprint density at radius 2 is 2.15 bits per heavy atom. The Bertz CT molecular complexity index is 941. The van der Waals surface area contributed by atoms with E-state index in [0.29, 0.717) is 30.4 Å². The zero-order valence-electron chi connectivity index (χ0n) is 14.4. The van der Waals surface area contributed by atoms with Gasteiger partial charge in [-0.15, -0.1) is 0 Å². The third kappa shape index (κ3) is 4.07. The summed E-state index contributed by atoms with van der Waals surface area (Å²) in [5.41, 5.74) is 0.596. The van der Waals surface area contributed by atoms with Crippen LogP contribution >= 0.6 is 0 Å². The van der Waals surface area contributed by atoms with E-state index in [0.717, 1.165) is 0 Å². The van der Waals surface area contributed by atoms with Gasteiger partial charge in [0.15, 0.2) is 17.2 Å². The number of ether oxygens (including phenoxy) is 3. The minimum absolute atomic E-state index is 0.0664. The van der Waals surface area contributed by atoms with Crippen molar-refractivity contribution < 1.29 is 23.8 Å². The third-order valence-corrected chi connectivity index (χ3v) is 3.61. The lowest BCUT2D eigenvalue weighted by Crippen LogP contribution is -2.17. The number of amides is 1. The number of aromatic nitrogens is 2. The van der Waals surface area contributed by atoms with Crippen LogP contribution in [0.5, 0.6) is 11.5 Å². The second kappa shape index (κ2) is 8.05. The van der Waals surface area contributed by atoms with Crippen molar-refractivity contribution in [3.05, 3.63) is 41.2 Å². The SMILES string of the molecule is CCOC(=O)c1[nH]ncc1/C=C(\C#N)C(=O)Nc1ccc2c(c1)OCCO2. The van der Waals surface area contributed by atoms with Crippen LogP contribution in [-0.2, 0) is 9.53 Å². The number of aromatic amines is 1. The van der Waals surface area contributed by atoms with Crippen LogP contribution in [0.25, 0.3) is 6.08 Å². The zero-order valence-corrected chi connectivity index (χ0v) is 14.4. The maximum atomic E-state index is 12.4. The Hall–Kier alpha value is -3.80. The number of fused-ring (bicyclic) bond motifs is 1. The van der Waals surface area contributed by atoms with Gasteiger partial charge >= 0.3 is 5.97 Å². The van der Waals surface area contributed by atoms with Crippen molar-refractivity contribution >= 4 is 23.6 Å². The lowest BCUT2D eigenvalue weighted by Gasteiger charge is -2.18. The van der Waals surface area contributed by atoms with Gasteiger partial charge in [0.1, 0.15) is 24.9 Å². The molecule has 9 nitrogen and oxygen atoms in total. The lowest BCUT2D eigenvalue weighted by molar-refractivity contribution is -0.112. The summed E-state index contributed by atoms with van der Waals surface area (Å²) in [4.78, 5) is 24.3. The molecule has 2 N–H and O–H groups in total. The van der Waals surface area contributed by atoms with E-state index >= 15 is 0 Å². The Morgan fingerprint density at radius 1 is 1.37 bits per heavy atom. The first-order valence-corrected chi connectivity index (χ1v) is 8.15. The molecule has 27 heavy (non-hydrogen) atoms. The van der Waals surface area contributed by atoms with E-state index in [2.05, 4.69) is 15.5 Å². The minimum atomic E-state index is -0.634. The number of benzene rings is 1. The van der Waals surface area contributed by atoms with Crippen LogP contribution < -0.4 is 14.8 Å². The second-order valence-electron chi connectivity index (χ2n) is 5.40. The van der Waals surface area contributed by atoms with E-state index in [1.54, 1.807) is 25.1 Å². The molecule has 2 heterocycles. The van der Waals surface area contributed by atoms with Gasteiger partial charge in [-0.1, -0.05) is 0 Å². The van der Waals surface area contributed by atoms with Gasteiger partial charge in [0, 0.05) is 17.3 Å². The molecule has 2 aromatic rings. The number of nitriles is 1. The highest BCUT2D eigenvalue weighted by atomic mass is 16.6. The molecule has 1 aromatic heterocycles. The molecular formula is C18H16N4O5. The van der Waals surface area contributed by atoms with E-state index in [1.165, 1.54) is 12.3 Å². The van der Waals surface area contributed by atoms with Crippen molar-refractivity contribution in [2.24, 2.45) is 0 Å². The quantitative estimate of drug-likeness (QED) is 0.469. The molecule has 0 unspecified atom stereocenters. The topological polar surface area (TPSA) is 126 Å². The lowest BCUT2D eigenvalue weighted by atomic mass is 10.1. The summed E-state index contributed by atoms with van der Waals surface area (Å²) >= 11 is 0. The predicted molar refractivity (Wildman–Crippen MR) is 94.2 cm³/mol. The molecule has 0 saturated carbocycles. The van der Waals surface area contributed by atoms with Gasteiger partial charge in [-0.3, -0.25) is 9.89 Å². The molecule has 0 aliphatic carbocycles. The Balaban J connectivity index is 1.79. The number of nitrogens with zero attached hydrogens (tertiary/aromatic N) is 2. The second-order valence-corrected chi connectivity index (χ2v) is 5.40. The van der Waals surface area contributed by atoms with E-state index in [-0.39, 0.29) is 23.4 Å². The number of hydrogen-bond acceptors (Lipinski definition) is 7. The normalized spacial score (nSPS) is 12.8. The summed E-state index contributed by atoms with van der Waals surface area (Å²) in [5, 5.41) is 18.2. The van der Waals surface area contributed by atoms with E-state index in [4.69, 9.17) is 14.2 Å². The molecule has 0 atom stereocenters. The summed E-state index contributed by atoms with van der Waals surface area (Å²) in [6, 6.07) is 6.75. The van der Waals surface area contributed by atoms with Crippen molar-refractivity contribution in [1.82, 2.24) is 10.2 Å². The molecule has 0 radical (unpaired) electrons. The fourth-order valence-corrected chi connectivity index (χ4v) is 2.40. The number of nitrogens with one attached hydrogen (secondary N) is 2. The fraction of sp³-hybridized carbons (Fsp3) is 0.222. The van der Waals surface area contributed by atoms with Crippen LogP contribution in [-0.4, -0.2) is 41.9 Å². The van der Waals surface area contributed by atoms with Crippen molar-refractivity contribution in [2.45, 2.75) is 6.92 Å². The van der Waals surface area contributed by atoms with Crippen LogP contribution in [0.15, 0.2) is 30.0 Å². The van der Waals surface area contributed by atoms with Gasteiger partial charge in [-0.05, 0) is 25.1 Å². The molecule has 1 aliphatic rings. The van der Waals surface area contributed by atoms with E-state index in [9.17, 15) is 14.9 Å². The number of esters is 1. The zero-order chi connectivity index (χ0) is 19.2. The maximum absolute atomic E-state index is 12.4. The van der Waals surface area contributed by atoms with Crippen molar-refractivity contribution in [2.75, 3.05) is 25.1 Å². The van der Waals surface area contributed by atoms with Gasteiger partial charge in [0.2, 0.25) is 0 Å². The maximum Gasteiger partial charge on any atom is 0.356 e. The molecule has 1 aromatic carbocycles. The first-order chi connectivity index (χ1) is 13.1. The van der Waals surface area contributed by atoms with Crippen LogP contribution in [0, 0.1) is 11.3 Å². The summed E-state index contributed by atoms with van der Waals surface area (Å²) in [5.74, 6) is -0.148. The molecular weight excluding hydrogens is 352 g/mol. The van der Waals surface area contributed by atoms with Gasteiger partial charge in [0.05, 0.1) is 12.8 Å². The number of H-pyrrole nitrogens is 1. The molecule has 138 valence electrons. The van der Waals surface area contributed by atoms with E-state index < -0.39 is 11.9 Å². The van der Waals surface area contributed by atoms with Gasteiger partial charge in [-0.2, -0.15) is 10.4 Å². The summed E-state index contributed by atoms with van der Waals surface area (Å²) < 4.78 is 15.8. The Morgan fingerprint density at radius 3 is 2.89 bits per heavy atom. The van der Waals surface area contributed by atoms with Gasteiger partial charge in [-0.25, -0.2) is 4.79 Å². The fourth-order valence-electron chi connectivity index (χ4n) is 2.40. The van der Waals surface area contributed by atoms with Crippen molar-refractivity contribution in [3.8, 4) is 17.6 Å². The smallest absolute Gasteiger partial charge is 0.356 e. The summed E-state index contributed by atoms with van der Waals surface area (Å²) in [7, 11) is 0. The van der Waals surface area contributed by atoms with Gasteiger partial charge < -0.3 is 19.5 Å². The molecule has 1 aliphatic heterocycles. The summed E-state index contributed by atoms with van der Waals surface area (Å²) in [6.45, 7) is 2.75. The molecule has 0 saturated heterocycles. The van der Waals surface area contributed by atoms with Crippen LogP contribution in [0.2, 0.25) is 0 Å². The van der Waals surface area contributed by atoms with Crippen molar-refractivity contribution in [3.63, 3.8) is 0 Å². The molecule has 0 bridgehead atoms. The summed E-state index contributed by atoms with van der Waals surface area (Å²) in [6.07, 6.45) is 2.60. The van der Waals surface area contributed by atoms with E-state index in [1.807, 2.05) is 6.07 Å². The third-order valence-electron chi connectivity index (χ3n) is 3.61. The Labute approximate surface area is 154 Å². The highest BCUT2D eigenvalue weighted by Crippen LogP contribution is 2.32. The molecule has 9 heteroatoms. The monoisotopic (exact) mass is 368 g/mol. The number of hydrogen-bond donors (Lipinski definition) is 2. The molecule has 0 fully saturated rings. The Kier molecular flexibility index (Phi) is 5.37. The molecule has 3 rings (SSSR count). The van der Waals surface area contributed by atoms with Crippen LogP contribution in [0.1, 0.15) is 23.0 Å². The average molecular weight is 368 g/mol. The number of anilines is 1. The molecule has 0 spiro atoms. The standard InChI is InChI=1S/C18H16N4O5/c1-2-25-18(24)16-12(10-20-22-16)7-11(9-19)17(23)21-13-3-4-14-15(8-13)27-6-5-26-14/h3-4,7-8,10H,2,5-6H2,1H3,(H,20,22)(H,21,23)/b11-7+. The minimum Gasteiger partial charge on any atom is -0.486 e. The first kappa shape index (κ1) is 18.0. The number of carbonyl (C=O) groups is 2. The molecule has 1 amide bonds. The average Bonchev–Trinajstić information content (AvgIpc) is 3.14.